The number of aryl methyl sites for hydroxylation is 1. The average molecular weight is 415 g/mol. The first-order valence-corrected chi connectivity index (χ1v) is 11.5. The van der Waals surface area contributed by atoms with Crippen LogP contribution in [0.2, 0.25) is 0 Å². The van der Waals surface area contributed by atoms with Crippen LogP contribution in [-0.2, 0) is 19.6 Å². The second-order valence-electron chi connectivity index (χ2n) is 8.45. The SMILES string of the molecule is CCc1nn(C2CCCC2)c2c1CNCC(c1ccc(OCc3ccccc3)cc1)=N2. The molecule has 1 saturated carbocycles. The van der Waals surface area contributed by atoms with Crippen molar-refractivity contribution in [2.45, 2.75) is 58.2 Å². The molecule has 3 aromatic rings. The predicted octanol–water partition coefficient (Wildman–Crippen LogP) is 5.36. The van der Waals surface area contributed by atoms with Gasteiger partial charge in [0.2, 0.25) is 0 Å². The molecule has 1 fully saturated rings. The van der Waals surface area contributed by atoms with E-state index in [4.69, 9.17) is 14.8 Å². The Morgan fingerprint density at radius 1 is 1.00 bits per heavy atom. The minimum Gasteiger partial charge on any atom is -0.489 e. The van der Waals surface area contributed by atoms with Gasteiger partial charge in [0, 0.05) is 18.7 Å². The topological polar surface area (TPSA) is 51.4 Å². The van der Waals surface area contributed by atoms with E-state index in [2.05, 4.69) is 41.2 Å². The second kappa shape index (κ2) is 9.06. The molecule has 2 aromatic carbocycles. The van der Waals surface area contributed by atoms with Crippen molar-refractivity contribution in [2.75, 3.05) is 6.54 Å². The predicted molar refractivity (Wildman–Crippen MR) is 124 cm³/mol. The molecule has 0 amide bonds. The Morgan fingerprint density at radius 2 is 1.77 bits per heavy atom. The smallest absolute Gasteiger partial charge is 0.155 e. The summed E-state index contributed by atoms with van der Waals surface area (Å²) in [6, 6.07) is 19.0. The number of rotatable bonds is 6. The molecule has 5 nitrogen and oxygen atoms in total. The highest BCUT2D eigenvalue weighted by Crippen LogP contribution is 2.36. The van der Waals surface area contributed by atoms with Gasteiger partial charge in [0.05, 0.1) is 17.4 Å². The first-order valence-electron chi connectivity index (χ1n) is 11.5. The van der Waals surface area contributed by atoms with E-state index < -0.39 is 0 Å². The standard InChI is InChI=1S/C26H30N4O/c1-2-24-23-16-27-17-25(28-26(23)30(29-24)21-10-6-7-11-21)20-12-14-22(15-13-20)31-18-19-8-4-3-5-9-19/h3-5,8-9,12-15,21,27H,2,6-7,10-11,16-18H2,1H3. The second-order valence-corrected chi connectivity index (χ2v) is 8.45. The fourth-order valence-electron chi connectivity index (χ4n) is 4.62. The van der Waals surface area contributed by atoms with Crippen LogP contribution >= 0.6 is 0 Å². The number of aromatic nitrogens is 2. The van der Waals surface area contributed by atoms with Gasteiger partial charge in [-0.25, -0.2) is 9.67 Å². The van der Waals surface area contributed by atoms with E-state index in [-0.39, 0.29) is 0 Å². The summed E-state index contributed by atoms with van der Waals surface area (Å²) in [5.41, 5.74) is 5.82. The number of benzene rings is 2. The van der Waals surface area contributed by atoms with E-state index in [1.807, 2.05) is 30.3 Å². The van der Waals surface area contributed by atoms with Crippen LogP contribution in [0.5, 0.6) is 5.75 Å². The van der Waals surface area contributed by atoms with Crippen molar-refractivity contribution >= 4 is 11.5 Å². The Morgan fingerprint density at radius 3 is 2.52 bits per heavy atom. The van der Waals surface area contributed by atoms with Crippen molar-refractivity contribution in [1.29, 1.82) is 0 Å². The van der Waals surface area contributed by atoms with Crippen LogP contribution in [0.4, 0.5) is 5.82 Å². The molecule has 2 aliphatic rings. The molecule has 1 aromatic heterocycles. The van der Waals surface area contributed by atoms with Crippen LogP contribution in [0.3, 0.4) is 0 Å². The maximum absolute atomic E-state index is 5.95. The normalized spacial score (nSPS) is 16.6. The number of ether oxygens (including phenoxy) is 1. The fourth-order valence-corrected chi connectivity index (χ4v) is 4.62. The molecule has 0 unspecified atom stereocenters. The van der Waals surface area contributed by atoms with Gasteiger partial charge in [-0.15, -0.1) is 0 Å². The maximum Gasteiger partial charge on any atom is 0.155 e. The summed E-state index contributed by atoms with van der Waals surface area (Å²) < 4.78 is 8.18. The average Bonchev–Trinajstić information content (AvgIpc) is 3.41. The van der Waals surface area contributed by atoms with E-state index in [0.717, 1.165) is 42.4 Å². The van der Waals surface area contributed by atoms with Crippen molar-refractivity contribution in [3.8, 4) is 5.75 Å². The van der Waals surface area contributed by atoms with Crippen molar-refractivity contribution in [3.63, 3.8) is 0 Å². The van der Waals surface area contributed by atoms with E-state index in [9.17, 15) is 0 Å². The molecular weight excluding hydrogens is 384 g/mol. The highest BCUT2D eigenvalue weighted by molar-refractivity contribution is 6.03. The zero-order valence-corrected chi connectivity index (χ0v) is 18.2. The highest BCUT2D eigenvalue weighted by atomic mass is 16.5. The van der Waals surface area contributed by atoms with Gasteiger partial charge in [-0.1, -0.05) is 50.1 Å². The van der Waals surface area contributed by atoms with Crippen LogP contribution < -0.4 is 10.1 Å². The zero-order chi connectivity index (χ0) is 21.0. The number of nitrogens with zero attached hydrogens (tertiary/aromatic N) is 3. The van der Waals surface area contributed by atoms with Crippen LogP contribution in [0.15, 0.2) is 59.6 Å². The number of aliphatic imine (C=N–C) groups is 1. The van der Waals surface area contributed by atoms with E-state index in [1.165, 1.54) is 42.5 Å². The van der Waals surface area contributed by atoms with E-state index >= 15 is 0 Å². The molecular formula is C26H30N4O. The first-order chi connectivity index (χ1) is 15.3. The third-order valence-corrected chi connectivity index (χ3v) is 6.34. The summed E-state index contributed by atoms with van der Waals surface area (Å²) in [6.07, 6.45) is 5.95. The number of fused-ring (bicyclic) bond motifs is 1. The van der Waals surface area contributed by atoms with Crippen molar-refractivity contribution in [3.05, 3.63) is 77.0 Å². The van der Waals surface area contributed by atoms with Gasteiger partial charge in [0.1, 0.15) is 12.4 Å². The number of nitrogens with one attached hydrogen (secondary N) is 1. The Balaban J connectivity index is 1.39. The minimum absolute atomic E-state index is 0.492. The molecule has 31 heavy (non-hydrogen) atoms. The third-order valence-electron chi connectivity index (χ3n) is 6.34. The van der Waals surface area contributed by atoms with Crippen LogP contribution in [0.25, 0.3) is 0 Å². The number of hydrogen-bond acceptors (Lipinski definition) is 4. The molecule has 5 heteroatoms. The molecule has 0 radical (unpaired) electrons. The lowest BCUT2D eigenvalue weighted by Crippen LogP contribution is -2.21. The molecule has 1 aliphatic carbocycles. The van der Waals surface area contributed by atoms with E-state index in [1.54, 1.807) is 0 Å². The third kappa shape index (κ3) is 4.28. The van der Waals surface area contributed by atoms with Crippen molar-refractivity contribution in [2.24, 2.45) is 4.99 Å². The van der Waals surface area contributed by atoms with Crippen molar-refractivity contribution in [1.82, 2.24) is 15.1 Å². The Hall–Kier alpha value is -2.92. The molecule has 1 aliphatic heterocycles. The highest BCUT2D eigenvalue weighted by Gasteiger charge is 2.26. The molecule has 0 bridgehead atoms. The van der Waals surface area contributed by atoms with Crippen LogP contribution in [-0.4, -0.2) is 22.0 Å². The summed E-state index contributed by atoms with van der Waals surface area (Å²) in [6.45, 7) is 4.35. The number of hydrogen-bond donors (Lipinski definition) is 1. The molecule has 0 saturated heterocycles. The molecule has 0 atom stereocenters. The summed E-state index contributed by atoms with van der Waals surface area (Å²) in [5, 5.41) is 8.56. The minimum atomic E-state index is 0.492. The monoisotopic (exact) mass is 414 g/mol. The van der Waals surface area contributed by atoms with E-state index in [0.29, 0.717) is 12.6 Å². The maximum atomic E-state index is 5.95. The summed E-state index contributed by atoms with van der Waals surface area (Å²) in [7, 11) is 0. The lowest BCUT2D eigenvalue weighted by Gasteiger charge is -2.13. The largest absolute Gasteiger partial charge is 0.489 e. The van der Waals surface area contributed by atoms with Gasteiger partial charge in [-0.05, 0) is 54.7 Å². The summed E-state index contributed by atoms with van der Waals surface area (Å²) in [4.78, 5) is 5.16. The lowest BCUT2D eigenvalue weighted by molar-refractivity contribution is 0.306. The van der Waals surface area contributed by atoms with Gasteiger partial charge in [-0.3, -0.25) is 0 Å². The quantitative estimate of drug-likeness (QED) is 0.590. The van der Waals surface area contributed by atoms with Gasteiger partial charge >= 0.3 is 0 Å². The molecule has 0 spiro atoms. The Bertz CT molecular complexity index is 1050. The molecule has 1 N–H and O–H groups in total. The lowest BCUT2D eigenvalue weighted by atomic mass is 10.1. The molecule has 2 heterocycles. The Labute approximate surface area is 184 Å². The summed E-state index contributed by atoms with van der Waals surface area (Å²) >= 11 is 0. The Kier molecular flexibility index (Phi) is 5.85. The van der Waals surface area contributed by atoms with Crippen molar-refractivity contribution < 1.29 is 4.74 Å². The first kappa shape index (κ1) is 20.0. The van der Waals surface area contributed by atoms with Gasteiger partial charge in [0.25, 0.3) is 0 Å². The van der Waals surface area contributed by atoms with Crippen LogP contribution in [0, 0.1) is 0 Å². The van der Waals surface area contributed by atoms with Gasteiger partial charge in [0.15, 0.2) is 5.82 Å². The van der Waals surface area contributed by atoms with Gasteiger partial charge in [-0.2, -0.15) is 5.10 Å². The van der Waals surface area contributed by atoms with Crippen LogP contribution in [0.1, 0.15) is 61.0 Å². The molecule has 5 rings (SSSR count). The fraction of sp³-hybridized carbons (Fsp3) is 0.385. The summed E-state index contributed by atoms with van der Waals surface area (Å²) in [5.74, 6) is 1.94. The van der Waals surface area contributed by atoms with Gasteiger partial charge < -0.3 is 10.1 Å². The molecule has 160 valence electrons. The zero-order valence-electron chi connectivity index (χ0n) is 18.2.